The third-order valence-corrected chi connectivity index (χ3v) is 4.59. The second kappa shape index (κ2) is 8.82. The van der Waals surface area contributed by atoms with E-state index in [4.69, 9.17) is 51.1 Å². The fraction of sp³-hybridized carbons (Fsp3) is 0.385. The van der Waals surface area contributed by atoms with Crippen LogP contribution < -0.4 is 11.1 Å². The molecule has 1 N–H and O–H groups in total. The summed E-state index contributed by atoms with van der Waals surface area (Å²) in [6, 6.07) is 0. The van der Waals surface area contributed by atoms with Gasteiger partial charge in [0.2, 0.25) is 0 Å². The number of aromatic nitrogens is 4. The Bertz CT molecular complexity index is 818. The van der Waals surface area contributed by atoms with Gasteiger partial charge in [0.15, 0.2) is 6.23 Å². The highest BCUT2D eigenvalue weighted by Crippen LogP contribution is 2.22. The lowest BCUT2D eigenvalue weighted by Gasteiger charge is -2.23. The molecule has 1 aliphatic rings. The lowest BCUT2D eigenvalue weighted by atomic mass is 10.2. The molecule has 2 aromatic rings. The van der Waals surface area contributed by atoms with Crippen LogP contribution in [-0.4, -0.2) is 26.6 Å². The standard InChI is InChI=1S/C9H10Cl2N2O2.C4H2Cl2N2O/c10-6-5-12-13(9(14)8(6)11)7-3-1-2-4-15-7;5-2-1-7-8-4(9)3(2)6/h5,7H,1-4H2;1H,(H,8,9). The van der Waals surface area contributed by atoms with E-state index in [1.54, 1.807) is 0 Å². The smallest absolute Gasteiger partial charge is 0.289 e. The van der Waals surface area contributed by atoms with Crippen LogP contribution in [0.2, 0.25) is 20.1 Å². The Hall–Kier alpha value is -1.12. The zero-order chi connectivity index (χ0) is 17.7. The Morgan fingerprint density at radius 2 is 1.79 bits per heavy atom. The first-order chi connectivity index (χ1) is 11.4. The summed E-state index contributed by atoms with van der Waals surface area (Å²) >= 11 is 22.2. The maximum atomic E-state index is 11.7. The average Bonchev–Trinajstić information content (AvgIpc) is 2.59. The quantitative estimate of drug-likeness (QED) is 0.774. The highest BCUT2D eigenvalue weighted by atomic mass is 35.5. The average molecular weight is 414 g/mol. The van der Waals surface area contributed by atoms with Crippen LogP contribution in [0.15, 0.2) is 22.0 Å². The van der Waals surface area contributed by atoms with Crippen LogP contribution in [0.25, 0.3) is 0 Å². The van der Waals surface area contributed by atoms with Gasteiger partial charge in [-0.25, -0.2) is 5.10 Å². The molecule has 0 aromatic carbocycles. The van der Waals surface area contributed by atoms with E-state index in [0.717, 1.165) is 19.3 Å². The number of aromatic amines is 1. The molecule has 2 aromatic heterocycles. The maximum absolute atomic E-state index is 11.7. The summed E-state index contributed by atoms with van der Waals surface area (Å²) in [5.74, 6) is 0. The van der Waals surface area contributed by atoms with Gasteiger partial charge in [-0.05, 0) is 19.3 Å². The lowest BCUT2D eigenvalue weighted by molar-refractivity contribution is -0.0424. The molecule has 0 spiro atoms. The molecule has 0 amide bonds. The van der Waals surface area contributed by atoms with Crippen molar-refractivity contribution in [2.75, 3.05) is 6.61 Å². The third kappa shape index (κ3) is 4.70. The van der Waals surface area contributed by atoms with E-state index in [0.29, 0.717) is 6.61 Å². The largest absolute Gasteiger partial charge is 0.356 e. The van der Waals surface area contributed by atoms with E-state index in [9.17, 15) is 9.59 Å². The molecule has 1 unspecified atom stereocenters. The predicted octanol–water partition coefficient (Wildman–Crippen LogP) is 3.33. The van der Waals surface area contributed by atoms with Gasteiger partial charge in [0.1, 0.15) is 10.0 Å². The molecule has 11 heteroatoms. The number of hydrogen-bond acceptors (Lipinski definition) is 5. The zero-order valence-electron chi connectivity index (χ0n) is 12.1. The highest BCUT2D eigenvalue weighted by Gasteiger charge is 2.19. The zero-order valence-corrected chi connectivity index (χ0v) is 15.2. The van der Waals surface area contributed by atoms with Crippen molar-refractivity contribution in [1.29, 1.82) is 0 Å². The molecule has 1 saturated heterocycles. The second-order valence-electron chi connectivity index (χ2n) is 4.74. The first-order valence-electron chi connectivity index (χ1n) is 6.85. The van der Waals surface area contributed by atoms with E-state index in [1.807, 2.05) is 0 Å². The summed E-state index contributed by atoms with van der Waals surface area (Å²) in [5.41, 5.74) is -0.861. The van der Waals surface area contributed by atoms with Gasteiger partial charge < -0.3 is 4.74 Å². The Labute approximate surface area is 156 Å². The van der Waals surface area contributed by atoms with Gasteiger partial charge in [0.25, 0.3) is 11.1 Å². The molecular formula is C13H12Cl4N4O3. The van der Waals surface area contributed by atoms with E-state index < -0.39 is 11.1 Å². The first kappa shape index (κ1) is 19.2. The molecule has 7 nitrogen and oxygen atoms in total. The van der Waals surface area contributed by atoms with Crippen LogP contribution in [0.1, 0.15) is 25.5 Å². The predicted molar refractivity (Wildman–Crippen MR) is 92.2 cm³/mol. The van der Waals surface area contributed by atoms with Gasteiger partial charge in [0, 0.05) is 6.61 Å². The number of rotatable bonds is 1. The number of nitrogens with zero attached hydrogens (tertiary/aromatic N) is 3. The van der Waals surface area contributed by atoms with Crippen molar-refractivity contribution in [3.8, 4) is 0 Å². The SMILES string of the molecule is O=c1[nH]ncc(Cl)c1Cl.O=c1c(Cl)c(Cl)cnn1C1CCCCO1. The van der Waals surface area contributed by atoms with Crippen LogP contribution in [0.4, 0.5) is 0 Å². The molecule has 1 fully saturated rings. The summed E-state index contributed by atoms with van der Waals surface area (Å²) in [6.45, 7) is 0.652. The Balaban J connectivity index is 0.000000198. The van der Waals surface area contributed by atoms with Crippen molar-refractivity contribution in [2.45, 2.75) is 25.5 Å². The maximum Gasteiger partial charge on any atom is 0.289 e. The first-order valence-corrected chi connectivity index (χ1v) is 8.36. The van der Waals surface area contributed by atoms with Gasteiger partial charge in [-0.2, -0.15) is 14.9 Å². The topological polar surface area (TPSA) is 89.9 Å². The molecule has 0 radical (unpaired) electrons. The number of halogens is 4. The molecule has 0 aliphatic carbocycles. The Morgan fingerprint density at radius 3 is 2.38 bits per heavy atom. The van der Waals surface area contributed by atoms with Crippen molar-refractivity contribution in [1.82, 2.24) is 20.0 Å². The van der Waals surface area contributed by atoms with Gasteiger partial charge in [-0.3, -0.25) is 9.59 Å². The van der Waals surface area contributed by atoms with E-state index in [-0.39, 0.29) is 26.3 Å². The van der Waals surface area contributed by atoms with Crippen LogP contribution in [0, 0.1) is 0 Å². The van der Waals surface area contributed by atoms with Crippen molar-refractivity contribution >= 4 is 46.4 Å². The molecule has 1 atom stereocenters. The number of hydrogen-bond donors (Lipinski definition) is 1. The highest BCUT2D eigenvalue weighted by molar-refractivity contribution is 6.42. The summed E-state index contributed by atoms with van der Waals surface area (Å²) < 4.78 is 6.70. The molecule has 3 rings (SSSR count). The molecule has 0 saturated carbocycles. The van der Waals surface area contributed by atoms with Crippen LogP contribution in [0.3, 0.4) is 0 Å². The van der Waals surface area contributed by atoms with Gasteiger partial charge in [-0.1, -0.05) is 46.4 Å². The second-order valence-corrected chi connectivity index (χ2v) is 6.31. The summed E-state index contributed by atoms with van der Waals surface area (Å²) in [6.07, 6.45) is 5.16. The van der Waals surface area contributed by atoms with Crippen molar-refractivity contribution < 1.29 is 4.74 Å². The summed E-state index contributed by atoms with van der Waals surface area (Å²) in [4.78, 5) is 22.2. The minimum atomic E-state index is -0.468. The molecule has 1 aliphatic heterocycles. The van der Waals surface area contributed by atoms with Crippen molar-refractivity contribution in [2.24, 2.45) is 0 Å². The van der Waals surface area contributed by atoms with Crippen molar-refractivity contribution in [3.05, 3.63) is 53.2 Å². The fourth-order valence-electron chi connectivity index (χ4n) is 1.91. The minimum absolute atomic E-state index is 0.000778. The number of ether oxygens (including phenoxy) is 1. The number of nitrogens with one attached hydrogen (secondary N) is 1. The molecule has 3 heterocycles. The van der Waals surface area contributed by atoms with Crippen LogP contribution >= 0.6 is 46.4 Å². The van der Waals surface area contributed by atoms with E-state index >= 15 is 0 Å². The van der Waals surface area contributed by atoms with E-state index in [2.05, 4.69) is 15.3 Å². The van der Waals surface area contributed by atoms with Crippen LogP contribution in [0.5, 0.6) is 0 Å². The summed E-state index contributed by atoms with van der Waals surface area (Å²) in [7, 11) is 0. The molecule has 130 valence electrons. The lowest BCUT2D eigenvalue weighted by Crippen LogP contribution is -2.31. The monoisotopic (exact) mass is 412 g/mol. The van der Waals surface area contributed by atoms with E-state index in [1.165, 1.54) is 17.1 Å². The van der Waals surface area contributed by atoms with Gasteiger partial charge in [-0.15, -0.1) is 0 Å². The van der Waals surface area contributed by atoms with Crippen molar-refractivity contribution in [3.63, 3.8) is 0 Å². The third-order valence-electron chi connectivity index (χ3n) is 3.08. The summed E-state index contributed by atoms with van der Waals surface area (Å²) in [5, 5.41) is 9.76. The normalized spacial score (nSPS) is 17.1. The van der Waals surface area contributed by atoms with Gasteiger partial charge >= 0.3 is 0 Å². The minimum Gasteiger partial charge on any atom is -0.356 e. The van der Waals surface area contributed by atoms with Gasteiger partial charge in [0.05, 0.1) is 22.4 Å². The molecular weight excluding hydrogens is 402 g/mol. The fourth-order valence-corrected chi connectivity index (χ4v) is 2.39. The molecule has 24 heavy (non-hydrogen) atoms. The Kier molecular flexibility index (Phi) is 7.06. The molecule has 0 bridgehead atoms. The number of H-pyrrole nitrogens is 1. The Morgan fingerprint density at radius 1 is 1.08 bits per heavy atom. The van der Waals surface area contributed by atoms with Crippen LogP contribution in [-0.2, 0) is 4.74 Å².